The van der Waals surface area contributed by atoms with Crippen molar-refractivity contribution in [3.8, 4) is 0 Å². The van der Waals surface area contributed by atoms with Crippen LogP contribution in [0.15, 0.2) is 29.1 Å². The Morgan fingerprint density at radius 2 is 1.96 bits per heavy atom. The molecule has 0 N–H and O–H groups in total. The van der Waals surface area contributed by atoms with Crippen LogP contribution in [0.1, 0.15) is 19.5 Å². The highest BCUT2D eigenvalue weighted by atomic mass is 33.1. The number of ether oxygens (including phenoxy) is 1. The molecule has 1 fully saturated rings. The molecule has 0 saturated carbocycles. The van der Waals surface area contributed by atoms with Gasteiger partial charge in [0.15, 0.2) is 0 Å². The second-order valence-corrected chi connectivity index (χ2v) is 8.22. The number of aromatic nitrogens is 2. The minimum atomic E-state index is -0.328. The van der Waals surface area contributed by atoms with Gasteiger partial charge in [0.05, 0.1) is 29.2 Å². The zero-order valence-corrected chi connectivity index (χ0v) is 15.8. The molecule has 5 nitrogen and oxygen atoms in total. The minimum Gasteiger partial charge on any atom is -0.379 e. The third-order valence-electron chi connectivity index (χ3n) is 4.43. The van der Waals surface area contributed by atoms with Crippen molar-refractivity contribution in [2.24, 2.45) is 0 Å². The molecule has 7 heteroatoms. The summed E-state index contributed by atoms with van der Waals surface area (Å²) in [7, 11) is 1.41. The zero-order chi connectivity index (χ0) is 17.2. The van der Waals surface area contributed by atoms with Gasteiger partial charge in [0.25, 0.3) is 0 Å². The Kier molecular flexibility index (Phi) is 5.54. The first kappa shape index (κ1) is 17.8. The van der Waals surface area contributed by atoms with E-state index in [1.54, 1.807) is 4.57 Å². The third kappa shape index (κ3) is 3.64. The molecule has 0 atom stereocenters. The molecule has 0 radical (unpaired) electrons. The molecule has 0 amide bonds. The fourth-order valence-electron chi connectivity index (χ4n) is 3.01. The van der Waals surface area contributed by atoms with Gasteiger partial charge in [-0.1, -0.05) is 29.0 Å². The summed E-state index contributed by atoms with van der Waals surface area (Å²) in [6.45, 7) is 8.91. The Balaban J connectivity index is 1.98. The van der Waals surface area contributed by atoms with Crippen molar-refractivity contribution in [1.29, 1.82) is 0 Å². The topological polar surface area (TPSA) is 47.4 Å². The summed E-state index contributed by atoms with van der Waals surface area (Å²) in [5, 5.41) is 1.02. The van der Waals surface area contributed by atoms with E-state index in [4.69, 9.17) is 4.74 Å². The Hall–Kier alpha value is -1.02. The van der Waals surface area contributed by atoms with E-state index in [0.29, 0.717) is 6.54 Å². The van der Waals surface area contributed by atoms with E-state index >= 15 is 0 Å². The summed E-state index contributed by atoms with van der Waals surface area (Å²) in [5.74, 6) is 0. The van der Waals surface area contributed by atoms with Crippen LogP contribution in [0, 0.1) is 0 Å². The number of nitrogens with zero attached hydrogens (tertiary/aromatic N) is 3. The fourth-order valence-corrected chi connectivity index (χ4v) is 3.51. The Labute approximate surface area is 151 Å². The quantitative estimate of drug-likeness (QED) is 0.652. The van der Waals surface area contributed by atoms with E-state index in [-0.39, 0.29) is 10.4 Å². The van der Waals surface area contributed by atoms with Crippen LogP contribution in [0.2, 0.25) is 0 Å². The summed E-state index contributed by atoms with van der Waals surface area (Å²) >= 11 is 4.36. The van der Waals surface area contributed by atoms with Crippen molar-refractivity contribution in [3.63, 3.8) is 0 Å². The molecule has 0 unspecified atom stereocenters. The molecule has 1 aromatic carbocycles. The van der Waals surface area contributed by atoms with Crippen molar-refractivity contribution < 1.29 is 4.74 Å². The van der Waals surface area contributed by atoms with Crippen LogP contribution in [-0.2, 0) is 16.0 Å². The second kappa shape index (κ2) is 7.47. The molecule has 24 heavy (non-hydrogen) atoms. The van der Waals surface area contributed by atoms with Gasteiger partial charge in [-0.05, 0) is 19.9 Å². The average molecular weight is 366 g/mol. The van der Waals surface area contributed by atoms with Crippen LogP contribution in [-0.4, -0.2) is 47.3 Å². The van der Waals surface area contributed by atoms with Crippen LogP contribution in [0.5, 0.6) is 0 Å². The number of hydrogen-bond donors (Lipinski definition) is 1. The smallest absolute Gasteiger partial charge is 0.348 e. The lowest BCUT2D eigenvalue weighted by Crippen LogP contribution is -2.40. The first-order valence-corrected chi connectivity index (χ1v) is 10.0. The summed E-state index contributed by atoms with van der Waals surface area (Å²) in [6, 6.07) is 8.00. The fraction of sp³-hybridized carbons (Fsp3) is 0.529. The van der Waals surface area contributed by atoms with Crippen LogP contribution in [0.25, 0.3) is 10.9 Å². The third-order valence-corrected chi connectivity index (χ3v) is 6.45. The molecule has 0 aliphatic carbocycles. The van der Waals surface area contributed by atoms with E-state index in [9.17, 15) is 4.79 Å². The van der Waals surface area contributed by atoms with Gasteiger partial charge in [-0.25, -0.2) is 4.79 Å². The van der Waals surface area contributed by atoms with Gasteiger partial charge in [-0.15, -0.1) is 11.7 Å². The molecule has 1 aliphatic heterocycles. The highest BCUT2D eigenvalue weighted by Crippen LogP contribution is 2.39. The van der Waals surface area contributed by atoms with Gasteiger partial charge < -0.3 is 4.74 Å². The van der Waals surface area contributed by atoms with Crippen molar-refractivity contribution in [2.45, 2.75) is 25.1 Å². The number of hydrogen-bond acceptors (Lipinski definition) is 6. The van der Waals surface area contributed by atoms with Gasteiger partial charge in [0.2, 0.25) is 0 Å². The Morgan fingerprint density at radius 1 is 1.25 bits per heavy atom. The highest BCUT2D eigenvalue weighted by molar-refractivity contribution is 8.69. The number of para-hydroxylation sites is 1. The molecule has 0 spiro atoms. The molecule has 1 saturated heterocycles. The van der Waals surface area contributed by atoms with Crippen LogP contribution < -0.4 is 5.69 Å². The molecular weight excluding hydrogens is 342 g/mol. The average Bonchev–Trinajstić information content (AvgIpc) is 2.61. The maximum absolute atomic E-state index is 12.7. The molecule has 2 heterocycles. The largest absolute Gasteiger partial charge is 0.379 e. The van der Waals surface area contributed by atoms with Gasteiger partial charge in [-0.3, -0.25) is 9.47 Å². The maximum atomic E-state index is 12.7. The molecule has 1 aliphatic rings. The van der Waals surface area contributed by atoms with Gasteiger partial charge in [-0.2, -0.15) is 4.98 Å². The zero-order valence-electron chi connectivity index (χ0n) is 14.1. The molecule has 3 rings (SSSR count). The maximum Gasteiger partial charge on any atom is 0.348 e. The minimum absolute atomic E-state index is 0.188. The molecular formula is C17H23N3O2S2. The standard InChI is InChI=1S/C17H23N3O2S2/c1-17(2,24-23)15-13-5-3-4-6-14(13)20(16(21)18-15)8-7-19-9-11-22-12-10-19/h3-6,23H,7-12H2,1-2H3. The number of morpholine rings is 1. The lowest BCUT2D eigenvalue weighted by Gasteiger charge is -2.27. The van der Waals surface area contributed by atoms with Crippen molar-refractivity contribution in [2.75, 3.05) is 32.8 Å². The van der Waals surface area contributed by atoms with E-state index in [0.717, 1.165) is 49.4 Å². The summed E-state index contributed by atoms with van der Waals surface area (Å²) in [6.07, 6.45) is 0. The lowest BCUT2D eigenvalue weighted by atomic mass is 10.0. The summed E-state index contributed by atoms with van der Waals surface area (Å²) < 4.78 is 6.84. The van der Waals surface area contributed by atoms with Gasteiger partial charge in [0, 0.05) is 31.6 Å². The van der Waals surface area contributed by atoms with Crippen molar-refractivity contribution in [1.82, 2.24) is 14.5 Å². The highest BCUT2D eigenvalue weighted by Gasteiger charge is 2.26. The molecule has 0 bridgehead atoms. The van der Waals surface area contributed by atoms with E-state index in [2.05, 4.69) is 21.5 Å². The van der Waals surface area contributed by atoms with Gasteiger partial charge in [0.1, 0.15) is 0 Å². The summed E-state index contributed by atoms with van der Waals surface area (Å²) in [4.78, 5) is 19.4. The van der Waals surface area contributed by atoms with E-state index < -0.39 is 0 Å². The monoisotopic (exact) mass is 365 g/mol. The number of rotatable bonds is 5. The normalized spacial score (nSPS) is 16.6. The predicted octanol–water partition coefficient (Wildman–Crippen LogP) is 2.54. The number of thiol groups is 1. The second-order valence-electron chi connectivity index (χ2n) is 6.47. The lowest BCUT2D eigenvalue weighted by molar-refractivity contribution is 0.0364. The summed E-state index contributed by atoms with van der Waals surface area (Å²) in [5.41, 5.74) is 1.55. The molecule has 130 valence electrons. The molecule has 2 aromatic rings. The SMILES string of the molecule is CC(C)(SS)c1nc(=O)n(CCN2CCOCC2)c2ccccc12. The van der Waals surface area contributed by atoms with E-state index in [1.165, 1.54) is 10.8 Å². The van der Waals surface area contributed by atoms with Crippen molar-refractivity contribution >= 4 is 33.4 Å². The van der Waals surface area contributed by atoms with Crippen molar-refractivity contribution in [3.05, 3.63) is 40.4 Å². The van der Waals surface area contributed by atoms with Gasteiger partial charge >= 0.3 is 5.69 Å². The molecule has 1 aromatic heterocycles. The first-order valence-electron chi connectivity index (χ1n) is 8.15. The van der Waals surface area contributed by atoms with Crippen LogP contribution in [0.4, 0.5) is 0 Å². The Bertz CT molecular complexity index is 770. The number of benzene rings is 1. The van der Waals surface area contributed by atoms with Crippen LogP contribution in [0.3, 0.4) is 0 Å². The number of fused-ring (bicyclic) bond motifs is 1. The first-order chi connectivity index (χ1) is 11.5. The van der Waals surface area contributed by atoms with Crippen LogP contribution >= 0.6 is 22.5 Å². The van der Waals surface area contributed by atoms with E-state index in [1.807, 2.05) is 38.1 Å². The predicted molar refractivity (Wildman–Crippen MR) is 103 cm³/mol. The Morgan fingerprint density at radius 3 is 2.67 bits per heavy atom.